The van der Waals surface area contributed by atoms with Gasteiger partial charge in [0, 0.05) is 12.6 Å². The summed E-state index contributed by atoms with van der Waals surface area (Å²) in [4.78, 5) is 16.0. The van der Waals surface area contributed by atoms with E-state index in [1.54, 1.807) is 0 Å². The summed E-state index contributed by atoms with van der Waals surface area (Å²) in [5.74, 6) is 0.241. The summed E-state index contributed by atoms with van der Waals surface area (Å²) in [6.45, 7) is 3.59. The first-order valence-electron chi connectivity index (χ1n) is 5.74. The van der Waals surface area contributed by atoms with Crippen molar-refractivity contribution in [3.63, 3.8) is 0 Å². The van der Waals surface area contributed by atoms with Crippen molar-refractivity contribution in [2.75, 3.05) is 11.1 Å². The van der Waals surface area contributed by atoms with Gasteiger partial charge in [-0.1, -0.05) is 36.5 Å². The minimum absolute atomic E-state index is 0.0539. The molecule has 0 saturated heterocycles. The molecule has 0 bridgehead atoms. The predicted molar refractivity (Wildman–Crippen MR) is 75.6 cm³/mol. The molecule has 0 aliphatic heterocycles. The summed E-state index contributed by atoms with van der Waals surface area (Å²) < 4.78 is 0. The molecule has 1 aromatic carbocycles. The number of hydrogen-bond acceptors (Lipinski definition) is 5. The average molecular weight is 261 g/mol. The number of carbonyl (C=O) groups excluding carboxylic acids is 1. The molecule has 0 saturated carbocycles. The van der Waals surface area contributed by atoms with Crippen molar-refractivity contribution >= 4 is 33.8 Å². The van der Waals surface area contributed by atoms with Crippen LogP contribution in [0.2, 0.25) is 0 Å². The highest BCUT2D eigenvalue weighted by atomic mass is 32.1. The van der Waals surface area contributed by atoms with Gasteiger partial charge in [-0.15, -0.1) is 0 Å². The van der Waals surface area contributed by atoms with Crippen LogP contribution in [0, 0.1) is 0 Å². The average Bonchev–Trinajstić information content (AvgIpc) is 2.71. The first-order valence-corrected chi connectivity index (χ1v) is 6.55. The van der Waals surface area contributed by atoms with E-state index >= 15 is 0 Å². The highest BCUT2D eigenvalue weighted by Crippen LogP contribution is 2.29. The van der Waals surface area contributed by atoms with Crippen LogP contribution in [0.3, 0.4) is 0 Å². The number of ketones is 1. The van der Waals surface area contributed by atoms with E-state index in [0.29, 0.717) is 15.8 Å². The van der Waals surface area contributed by atoms with Gasteiger partial charge in [0.2, 0.25) is 0 Å². The minimum Gasteiger partial charge on any atom is -0.382 e. The largest absolute Gasteiger partial charge is 0.382 e. The molecule has 0 spiro atoms. The molecule has 4 nitrogen and oxygen atoms in total. The smallest absolute Gasteiger partial charge is 0.189 e. The van der Waals surface area contributed by atoms with Crippen molar-refractivity contribution in [2.24, 2.45) is 0 Å². The third-order valence-electron chi connectivity index (χ3n) is 2.61. The number of Topliss-reactive ketones (excluding diaryl/α,β-unsaturated/α-hetero) is 1. The number of thiazole rings is 1. The van der Waals surface area contributed by atoms with Crippen LogP contribution in [0.15, 0.2) is 24.3 Å². The summed E-state index contributed by atoms with van der Waals surface area (Å²) >= 11 is 1.28. The summed E-state index contributed by atoms with van der Waals surface area (Å²) in [5, 5.41) is 3.87. The number of nitrogens with one attached hydrogen (secondary N) is 1. The predicted octanol–water partition coefficient (Wildman–Crippen LogP) is 3.23. The SMILES string of the molecule is CCc1ccccc1Nc1nc(N)c(C(C)=O)s1. The summed E-state index contributed by atoms with van der Waals surface area (Å²) in [5.41, 5.74) is 7.91. The van der Waals surface area contributed by atoms with Crippen molar-refractivity contribution in [1.29, 1.82) is 0 Å². The fourth-order valence-corrected chi connectivity index (χ4v) is 2.50. The van der Waals surface area contributed by atoms with Gasteiger partial charge in [-0.05, 0) is 18.1 Å². The van der Waals surface area contributed by atoms with E-state index < -0.39 is 0 Å². The number of aromatic nitrogens is 1. The molecule has 0 fully saturated rings. The Morgan fingerprint density at radius 3 is 2.78 bits per heavy atom. The normalized spacial score (nSPS) is 10.3. The van der Waals surface area contributed by atoms with Gasteiger partial charge in [-0.25, -0.2) is 4.98 Å². The van der Waals surface area contributed by atoms with Crippen LogP contribution in [0.4, 0.5) is 16.6 Å². The zero-order chi connectivity index (χ0) is 13.1. The van der Waals surface area contributed by atoms with Gasteiger partial charge in [0.25, 0.3) is 0 Å². The quantitative estimate of drug-likeness (QED) is 0.829. The first-order chi connectivity index (χ1) is 8.61. The summed E-state index contributed by atoms with van der Waals surface area (Å²) in [6.07, 6.45) is 0.934. The molecule has 18 heavy (non-hydrogen) atoms. The first kappa shape index (κ1) is 12.6. The lowest BCUT2D eigenvalue weighted by Crippen LogP contribution is -1.96. The van der Waals surface area contributed by atoms with E-state index in [1.807, 2.05) is 18.2 Å². The number of nitrogen functional groups attached to an aromatic ring is 1. The number of nitrogens with zero attached hydrogens (tertiary/aromatic N) is 1. The van der Waals surface area contributed by atoms with Crippen molar-refractivity contribution < 1.29 is 4.79 Å². The lowest BCUT2D eigenvalue weighted by molar-refractivity contribution is 0.102. The number of aryl methyl sites for hydroxylation is 1. The second kappa shape index (κ2) is 5.18. The zero-order valence-corrected chi connectivity index (χ0v) is 11.2. The molecular formula is C13H15N3OS. The molecule has 2 aromatic rings. The molecule has 0 atom stereocenters. The van der Waals surface area contributed by atoms with Crippen LogP contribution in [-0.2, 0) is 6.42 Å². The van der Waals surface area contributed by atoms with Gasteiger partial charge >= 0.3 is 0 Å². The van der Waals surface area contributed by atoms with E-state index in [0.717, 1.165) is 12.1 Å². The van der Waals surface area contributed by atoms with Crippen molar-refractivity contribution in [3.8, 4) is 0 Å². The molecule has 0 radical (unpaired) electrons. The second-order valence-electron chi connectivity index (χ2n) is 3.93. The highest BCUT2D eigenvalue weighted by molar-refractivity contribution is 7.18. The number of nitrogens with two attached hydrogens (primary N) is 1. The molecule has 94 valence electrons. The lowest BCUT2D eigenvalue weighted by Gasteiger charge is -2.07. The maximum Gasteiger partial charge on any atom is 0.189 e. The molecular weight excluding hydrogens is 246 g/mol. The van der Waals surface area contributed by atoms with Crippen molar-refractivity contribution in [3.05, 3.63) is 34.7 Å². The summed E-state index contributed by atoms with van der Waals surface area (Å²) in [7, 11) is 0. The van der Waals surface area contributed by atoms with Crippen LogP contribution in [0.1, 0.15) is 29.1 Å². The Morgan fingerprint density at radius 1 is 1.44 bits per heavy atom. The third kappa shape index (κ3) is 2.51. The minimum atomic E-state index is -0.0539. The van der Waals surface area contributed by atoms with Crippen molar-refractivity contribution in [2.45, 2.75) is 20.3 Å². The Hall–Kier alpha value is -1.88. The zero-order valence-electron chi connectivity index (χ0n) is 10.4. The highest BCUT2D eigenvalue weighted by Gasteiger charge is 2.12. The van der Waals surface area contributed by atoms with Gasteiger partial charge in [-0.2, -0.15) is 0 Å². The summed E-state index contributed by atoms with van der Waals surface area (Å²) in [6, 6.07) is 8.01. The van der Waals surface area contributed by atoms with Crippen molar-refractivity contribution in [1.82, 2.24) is 4.98 Å². The van der Waals surface area contributed by atoms with Crippen LogP contribution >= 0.6 is 11.3 Å². The van der Waals surface area contributed by atoms with Crippen LogP contribution in [0.5, 0.6) is 0 Å². The Balaban J connectivity index is 2.29. The number of hydrogen-bond donors (Lipinski definition) is 2. The maximum absolute atomic E-state index is 11.3. The molecule has 0 amide bonds. The number of rotatable bonds is 4. The number of para-hydroxylation sites is 1. The number of anilines is 3. The van der Waals surface area contributed by atoms with Crippen LogP contribution in [0.25, 0.3) is 0 Å². The Morgan fingerprint density at radius 2 is 2.17 bits per heavy atom. The Bertz CT molecular complexity index is 577. The maximum atomic E-state index is 11.3. The molecule has 3 N–H and O–H groups in total. The Labute approximate surface area is 110 Å². The van der Waals surface area contributed by atoms with Gasteiger partial charge in [0.15, 0.2) is 10.9 Å². The number of carbonyl (C=O) groups is 1. The second-order valence-corrected chi connectivity index (χ2v) is 4.92. The van der Waals surface area contributed by atoms with Crippen LogP contribution < -0.4 is 11.1 Å². The molecule has 1 heterocycles. The van der Waals surface area contributed by atoms with E-state index in [9.17, 15) is 4.79 Å². The monoisotopic (exact) mass is 261 g/mol. The standard InChI is InChI=1S/C13H15N3OS/c1-3-9-6-4-5-7-10(9)15-13-16-12(14)11(18-13)8(2)17/h4-7H,3,14H2,1-2H3,(H,15,16). The number of benzene rings is 1. The van der Waals surface area contributed by atoms with Gasteiger partial charge in [0.1, 0.15) is 10.7 Å². The van der Waals surface area contributed by atoms with Gasteiger partial charge in [0.05, 0.1) is 0 Å². The molecule has 0 aliphatic rings. The van der Waals surface area contributed by atoms with Gasteiger partial charge < -0.3 is 11.1 Å². The molecule has 5 heteroatoms. The molecule has 1 aromatic heterocycles. The van der Waals surface area contributed by atoms with E-state index in [4.69, 9.17) is 5.73 Å². The van der Waals surface area contributed by atoms with Crippen LogP contribution in [-0.4, -0.2) is 10.8 Å². The van der Waals surface area contributed by atoms with E-state index in [-0.39, 0.29) is 5.78 Å². The Kier molecular flexibility index (Phi) is 3.62. The van der Waals surface area contributed by atoms with E-state index in [2.05, 4.69) is 23.3 Å². The molecule has 0 aliphatic carbocycles. The lowest BCUT2D eigenvalue weighted by atomic mass is 10.1. The van der Waals surface area contributed by atoms with E-state index in [1.165, 1.54) is 23.8 Å². The topological polar surface area (TPSA) is 68.0 Å². The van der Waals surface area contributed by atoms with Gasteiger partial charge in [-0.3, -0.25) is 4.79 Å². The fourth-order valence-electron chi connectivity index (χ4n) is 1.70. The molecule has 2 rings (SSSR count). The fraction of sp³-hybridized carbons (Fsp3) is 0.231. The third-order valence-corrected chi connectivity index (χ3v) is 3.70. The molecule has 0 unspecified atom stereocenters.